The molecule has 6 nitrogen and oxygen atoms in total. The van der Waals surface area contributed by atoms with Crippen molar-refractivity contribution in [1.29, 1.82) is 0 Å². The number of carbonyl (C=O) groups is 2. The fourth-order valence-electron chi connectivity index (χ4n) is 2.92. The lowest BCUT2D eigenvalue weighted by Crippen LogP contribution is -2.56. The zero-order valence-electron chi connectivity index (χ0n) is 14.3. The van der Waals surface area contributed by atoms with Crippen molar-refractivity contribution in [3.63, 3.8) is 0 Å². The van der Waals surface area contributed by atoms with E-state index in [1.54, 1.807) is 24.3 Å². The molecule has 3 rings (SSSR count). The zero-order valence-corrected chi connectivity index (χ0v) is 15.1. The third kappa shape index (κ3) is 4.56. The number of alkyl carbamates (subject to hydrolysis) is 1. The highest BCUT2D eigenvalue weighted by molar-refractivity contribution is 6.30. The molecule has 0 saturated carbocycles. The summed E-state index contributed by atoms with van der Waals surface area (Å²) in [7, 11) is 0. The monoisotopic (exact) mass is 392 g/mol. The predicted molar refractivity (Wildman–Crippen MR) is 97.7 cm³/mol. The molecule has 0 aromatic heterocycles. The van der Waals surface area contributed by atoms with E-state index in [4.69, 9.17) is 16.3 Å². The maximum absolute atomic E-state index is 13.3. The van der Waals surface area contributed by atoms with Crippen LogP contribution in [0.5, 0.6) is 0 Å². The van der Waals surface area contributed by atoms with Gasteiger partial charge in [-0.1, -0.05) is 29.8 Å². The summed E-state index contributed by atoms with van der Waals surface area (Å²) in [5, 5.41) is 13.2. The van der Waals surface area contributed by atoms with Crippen LogP contribution in [0.4, 0.5) is 14.9 Å². The number of halogens is 2. The lowest BCUT2D eigenvalue weighted by molar-refractivity contribution is -0.188. The van der Waals surface area contributed by atoms with Crippen molar-refractivity contribution in [2.24, 2.45) is 0 Å². The van der Waals surface area contributed by atoms with Crippen LogP contribution < -0.4 is 10.2 Å². The average Bonchev–Trinajstić information content (AvgIpc) is 2.62. The normalized spacial score (nSPS) is 19.7. The fourth-order valence-corrected chi connectivity index (χ4v) is 3.17. The Hall–Kier alpha value is -2.64. The van der Waals surface area contributed by atoms with Crippen molar-refractivity contribution >= 4 is 29.3 Å². The molecule has 0 aliphatic carbocycles. The molecule has 27 heavy (non-hydrogen) atoms. The summed E-state index contributed by atoms with van der Waals surface area (Å²) in [6, 6.07) is 12.7. The average molecular weight is 393 g/mol. The van der Waals surface area contributed by atoms with Crippen LogP contribution in [0, 0.1) is 5.82 Å². The molecule has 142 valence electrons. The third-order valence-corrected chi connectivity index (χ3v) is 4.38. The van der Waals surface area contributed by atoms with Crippen LogP contribution in [0.25, 0.3) is 0 Å². The molecular weight excluding hydrogens is 375 g/mol. The van der Waals surface area contributed by atoms with Crippen molar-refractivity contribution < 1.29 is 23.8 Å². The fraction of sp³-hybridized carbons (Fsp3) is 0.263. The van der Waals surface area contributed by atoms with Crippen LogP contribution in [0.2, 0.25) is 5.02 Å². The summed E-state index contributed by atoms with van der Waals surface area (Å²) in [6.45, 7) is 0.348. The SMILES string of the molecule is O=C(NCc1cc(F)cc(Cl)c1)OC1(O)CCCN(c2ccccc2)C1=O. The summed E-state index contributed by atoms with van der Waals surface area (Å²) in [5.41, 5.74) is 1.03. The van der Waals surface area contributed by atoms with Crippen LogP contribution in [0.15, 0.2) is 48.5 Å². The van der Waals surface area contributed by atoms with Gasteiger partial charge in [0.05, 0.1) is 0 Å². The number of hydrogen-bond donors (Lipinski definition) is 2. The van der Waals surface area contributed by atoms with E-state index in [0.717, 1.165) is 6.07 Å². The second-order valence-corrected chi connectivity index (χ2v) is 6.64. The van der Waals surface area contributed by atoms with E-state index in [1.807, 2.05) is 6.07 Å². The Kier molecular flexibility index (Phi) is 5.62. The number of hydrogen-bond acceptors (Lipinski definition) is 4. The Bertz CT molecular complexity index is 829. The summed E-state index contributed by atoms with van der Waals surface area (Å²) in [6.07, 6.45) is -0.528. The molecule has 2 aromatic rings. The van der Waals surface area contributed by atoms with Crippen molar-refractivity contribution in [1.82, 2.24) is 5.32 Å². The number of nitrogens with zero attached hydrogens (tertiary/aromatic N) is 1. The zero-order chi connectivity index (χ0) is 19.4. The number of aliphatic hydroxyl groups is 1. The molecule has 1 unspecified atom stereocenters. The Morgan fingerprint density at radius 2 is 2.04 bits per heavy atom. The first kappa shape index (κ1) is 19.1. The molecule has 1 saturated heterocycles. The minimum absolute atomic E-state index is 0.00558. The van der Waals surface area contributed by atoms with E-state index < -0.39 is 23.6 Å². The van der Waals surface area contributed by atoms with Gasteiger partial charge in [0.2, 0.25) is 0 Å². The molecule has 0 radical (unpaired) electrons. The summed E-state index contributed by atoms with van der Waals surface area (Å²) in [5.74, 6) is -3.49. The van der Waals surface area contributed by atoms with E-state index in [-0.39, 0.29) is 18.0 Å². The van der Waals surface area contributed by atoms with E-state index in [2.05, 4.69) is 5.32 Å². The molecule has 2 N–H and O–H groups in total. The van der Waals surface area contributed by atoms with Crippen LogP contribution in [-0.4, -0.2) is 29.4 Å². The van der Waals surface area contributed by atoms with Crippen LogP contribution in [-0.2, 0) is 16.1 Å². The Balaban J connectivity index is 1.64. The lowest BCUT2D eigenvalue weighted by atomic mass is 10.0. The first-order chi connectivity index (χ1) is 12.9. The largest absolute Gasteiger partial charge is 0.410 e. The molecule has 1 atom stereocenters. The number of nitrogens with one attached hydrogen (secondary N) is 1. The number of benzene rings is 2. The maximum Gasteiger partial charge on any atom is 0.410 e. The van der Waals surface area contributed by atoms with Crippen molar-refractivity contribution in [2.45, 2.75) is 25.2 Å². The van der Waals surface area contributed by atoms with Gasteiger partial charge in [-0.2, -0.15) is 0 Å². The van der Waals surface area contributed by atoms with E-state index in [9.17, 15) is 19.1 Å². The minimum Gasteiger partial charge on any atom is -0.407 e. The van der Waals surface area contributed by atoms with E-state index in [0.29, 0.717) is 24.2 Å². The quantitative estimate of drug-likeness (QED) is 0.783. The Morgan fingerprint density at radius 1 is 1.30 bits per heavy atom. The number of para-hydroxylation sites is 1. The minimum atomic E-state index is -2.25. The Labute approximate surface area is 160 Å². The van der Waals surface area contributed by atoms with Crippen LogP contribution >= 0.6 is 11.6 Å². The van der Waals surface area contributed by atoms with Gasteiger partial charge in [0, 0.05) is 30.2 Å². The summed E-state index contributed by atoms with van der Waals surface area (Å²) < 4.78 is 18.3. The lowest BCUT2D eigenvalue weighted by Gasteiger charge is -2.37. The number of piperidine rings is 1. The predicted octanol–water partition coefficient (Wildman–Crippen LogP) is 3.22. The molecule has 2 aromatic carbocycles. The first-order valence-electron chi connectivity index (χ1n) is 8.38. The highest BCUT2D eigenvalue weighted by atomic mass is 35.5. The molecule has 1 heterocycles. The molecular formula is C19H18ClFN2O4. The topological polar surface area (TPSA) is 78.9 Å². The molecule has 0 bridgehead atoms. The third-order valence-electron chi connectivity index (χ3n) is 4.17. The highest BCUT2D eigenvalue weighted by Gasteiger charge is 2.46. The molecule has 2 amide bonds. The van der Waals surface area contributed by atoms with Crippen molar-refractivity contribution in [3.8, 4) is 0 Å². The molecule has 1 fully saturated rings. The molecule has 1 aliphatic rings. The smallest absolute Gasteiger partial charge is 0.407 e. The number of amides is 2. The number of carbonyl (C=O) groups excluding carboxylic acids is 2. The van der Waals surface area contributed by atoms with Gasteiger partial charge < -0.3 is 20.1 Å². The van der Waals surface area contributed by atoms with Gasteiger partial charge in [-0.15, -0.1) is 0 Å². The standard InChI is InChI=1S/C19H18ClFN2O4/c20-14-9-13(10-15(21)11-14)12-22-18(25)27-19(26)7-4-8-23(17(19)24)16-5-2-1-3-6-16/h1-3,5-6,9-11,26H,4,7-8,12H2,(H,22,25). The Morgan fingerprint density at radius 3 is 2.74 bits per heavy atom. The highest BCUT2D eigenvalue weighted by Crippen LogP contribution is 2.28. The van der Waals surface area contributed by atoms with Gasteiger partial charge in [-0.3, -0.25) is 4.79 Å². The molecule has 0 spiro atoms. The van der Waals surface area contributed by atoms with Crippen LogP contribution in [0.1, 0.15) is 18.4 Å². The van der Waals surface area contributed by atoms with Gasteiger partial charge in [0.25, 0.3) is 11.7 Å². The van der Waals surface area contributed by atoms with Gasteiger partial charge >= 0.3 is 6.09 Å². The summed E-state index contributed by atoms with van der Waals surface area (Å²) in [4.78, 5) is 26.1. The maximum atomic E-state index is 13.3. The molecule has 1 aliphatic heterocycles. The number of ether oxygens (including phenoxy) is 1. The number of anilines is 1. The molecule has 8 heteroatoms. The second-order valence-electron chi connectivity index (χ2n) is 6.20. The van der Waals surface area contributed by atoms with Crippen molar-refractivity contribution in [3.05, 3.63) is 64.9 Å². The second kappa shape index (κ2) is 7.94. The number of rotatable bonds is 4. The van der Waals surface area contributed by atoms with Gasteiger partial charge in [-0.25, -0.2) is 9.18 Å². The van der Waals surface area contributed by atoms with Gasteiger partial charge in [0.1, 0.15) is 5.82 Å². The summed E-state index contributed by atoms with van der Waals surface area (Å²) >= 11 is 5.76. The van der Waals surface area contributed by atoms with Crippen LogP contribution in [0.3, 0.4) is 0 Å². The van der Waals surface area contributed by atoms with E-state index >= 15 is 0 Å². The van der Waals surface area contributed by atoms with Gasteiger partial charge in [-0.05, 0) is 42.3 Å². The first-order valence-corrected chi connectivity index (χ1v) is 8.76. The van der Waals surface area contributed by atoms with Gasteiger partial charge in [0.15, 0.2) is 0 Å². The van der Waals surface area contributed by atoms with Crippen molar-refractivity contribution in [2.75, 3.05) is 11.4 Å². The van der Waals surface area contributed by atoms with E-state index in [1.165, 1.54) is 17.0 Å².